The van der Waals surface area contributed by atoms with Crippen molar-refractivity contribution >= 4 is 32.3 Å². The molecule has 0 spiro atoms. The van der Waals surface area contributed by atoms with Gasteiger partial charge in [-0.3, -0.25) is 0 Å². The first kappa shape index (κ1) is 13.0. The van der Waals surface area contributed by atoms with Crippen molar-refractivity contribution in [1.82, 2.24) is 5.32 Å². The van der Waals surface area contributed by atoms with E-state index in [-0.39, 0.29) is 0 Å². The predicted molar refractivity (Wildman–Crippen MR) is 73.0 cm³/mol. The van der Waals surface area contributed by atoms with E-state index in [2.05, 4.69) is 51.6 Å². The lowest BCUT2D eigenvalue weighted by Gasteiger charge is -2.23. The van der Waals surface area contributed by atoms with E-state index in [9.17, 15) is 0 Å². The van der Waals surface area contributed by atoms with E-state index < -0.39 is 0 Å². The maximum Gasteiger partial charge on any atom is 0.0917 e. The van der Waals surface area contributed by atoms with E-state index >= 15 is 0 Å². The smallest absolute Gasteiger partial charge is 0.0917 e. The van der Waals surface area contributed by atoms with Gasteiger partial charge in [0.1, 0.15) is 0 Å². The number of anilines is 1. The van der Waals surface area contributed by atoms with Crippen LogP contribution in [0.5, 0.6) is 0 Å². The molecule has 4 heteroatoms. The van der Waals surface area contributed by atoms with Crippen LogP contribution in [0.4, 0.5) is 5.00 Å². The van der Waals surface area contributed by atoms with Crippen molar-refractivity contribution < 1.29 is 0 Å². The van der Waals surface area contributed by atoms with Crippen LogP contribution in [0, 0.1) is 5.92 Å². The van der Waals surface area contributed by atoms with Gasteiger partial charge in [0.15, 0.2) is 0 Å². The Kier molecular flexibility index (Phi) is 5.64. The lowest BCUT2D eigenvalue weighted by molar-refractivity contribution is 0.485. The molecule has 0 bridgehead atoms. The molecule has 0 aliphatic rings. The van der Waals surface area contributed by atoms with Crippen molar-refractivity contribution in [2.45, 2.75) is 13.3 Å². The van der Waals surface area contributed by atoms with Gasteiger partial charge in [-0.05, 0) is 41.5 Å². The van der Waals surface area contributed by atoms with Crippen LogP contribution < -0.4 is 10.2 Å². The number of nitrogens with one attached hydrogen (secondary N) is 1. The topological polar surface area (TPSA) is 15.3 Å². The number of hydrogen-bond acceptors (Lipinski definition) is 3. The van der Waals surface area contributed by atoms with Crippen LogP contribution >= 0.6 is 27.3 Å². The molecule has 2 nitrogen and oxygen atoms in total. The summed E-state index contributed by atoms with van der Waals surface area (Å²) in [5.41, 5.74) is 0. The van der Waals surface area contributed by atoms with Crippen molar-refractivity contribution in [3.8, 4) is 0 Å². The van der Waals surface area contributed by atoms with Crippen molar-refractivity contribution in [2.75, 3.05) is 32.1 Å². The molecule has 1 unspecified atom stereocenters. The number of rotatable bonds is 6. The Labute approximate surface area is 105 Å². The van der Waals surface area contributed by atoms with E-state index in [1.807, 2.05) is 7.05 Å². The molecule has 15 heavy (non-hydrogen) atoms. The molecular formula is C11H19BrN2S. The minimum absolute atomic E-state index is 0.723. The molecule has 0 fully saturated rings. The molecule has 0 saturated carbocycles. The van der Waals surface area contributed by atoms with E-state index in [4.69, 9.17) is 0 Å². The van der Waals surface area contributed by atoms with Crippen molar-refractivity contribution in [2.24, 2.45) is 5.92 Å². The van der Waals surface area contributed by atoms with Crippen LogP contribution in [0.3, 0.4) is 0 Å². The van der Waals surface area contributed by atoms with Crippen LogP contribution in [0.1, 0.15) is 13.3 Å². The summed E-state index contributed by atoms with van der Waals surface area (Å²) in [4.78, 5) is 2.33. The molecule has 0 aromatic carbocycles. The molecule has 86 valence electrons. The fourth-order valence-electron chi connectivity index (χ4n) is 1.61. The molecule has 1 aromatic heterocycles. The maximum absolute atomic E-state index is 3.49. The summed E-state index contributed by atoms with van der Waals surface area (Å²) in [7, 11) is 4.18. The highest BCUT2D eigenvalue weighted by molar-refractivity contribution is 9.10. The quantitative estimate of drug-likeness (QED) is 0.866. The van der Waals surface area contributed by atoms with Gasteiger partial charge in [0.05, 0.1) is 5.00 Å². The zero-order chi connectivity index (χ0) is 11.3. The lowest BCUT2D eigenvalue weighted by Crippen LogP contribution is -2.30. The van der Waals surface area contributed by atoms with Gasteiger partial charge < -0.3 is 10.2 Å². The Morgan fingerprint density at radius 2 is 2.33 bits per heavy atom. The zero-order valence-electron chi connectivity index (χ0n) is 9.59. The third-order valence-corrected chi connectivity index (χ3v) is 4.34. The fourth-order valence-corrected chi connectivity index (χ4v) is 3.01. The summed E-state index contributed by atoms with van der Waals surface area (Å²) in [5, 5.41) is 6.71. The van der Waals surface area contributed by atoms with Crippen molar-refractivity contribution in [3.63, 3.8) is 0 Å². The zero-order valence-corrected chi connectivity index (χ0v) is 12.0. The summed E-state index contributed by atoms with van der Waals surface area (Å²) in [5.74, 6) is 0.723. The monoisotopic (exact) mass is 290 g/mol. The average Bonchev–Trinajstić information content (AvgIpc) is 2.64. The Morgan fingerprint density at radius 1 is 1.60 bits per heavy atom. The molecule has 1 N–H and O–H groups in total. The highest BCUT2D eigenvalue weighted by atomic mass is 79.9. The van der Waals surface area contributed by atoms with Crippen LogP contribution in [0.15, 0.2) is 15.9 Å². The van der Waals surface area contributed by atoms with Crippen molar-refractivity contribution in [1.29, 1.82) is 0 Å². The summed E-state index contributed by atoms with van der Waals surface area (Å²) >= 11 is 5.27. The van der Waals surface area contributed by atoms with Crippen LogP contribution in [0.2, 0.25) is 0 Å². The summed E-state index contributed by atoms with van der Waals surface area (Å²) in [6.07, 6.45) is 1.22. The fraction of sp³-hybridized carbons (Fsp3) is 0.636. The molecule has 0 saturated heterocycles. The second-order valence-corrected chi connectivity index (χ2v) is 5.62. The van der Waals surface area contributed by atoms with E-state index in [0.717, 1.165) is 19.0 Å². The minimum Gasteiger partial charge on any atom is -0.366 e. The lowest BCUT2D eigenvalue weighted by atomic mass is 10.1. The maximum atomic E-state index is 3.49. The standard InChI is InChI=1S/C11H19BrN2S/c1-4-9(6-13-2)7-14(3)11-5-10(12)8-15-11/h5,8-9,13H,4,6-7H2,1-3H3. The SMILES string of the molecule is CCC(CNC)CN(C)c1cc(Br)cs1. The van der Waals surface area contributed by atoms with Gasteiger partial charge in [0.25, 0.3) is 0 Å². The van der Waals surface area contributed by atoms with Gasteiger partial charge in [-0.25, -0.2) is 0 Å². The normalized spacial score (nSPS) is 12.8. The first-order chi connectivity index (χ1) is 7.17. The average molecular weight is 291 g/mol. The van der Waals surface area contributed by atoms with E-state index in [1.54, 1.807) is 11.3 Å². The summed E-state index contributed by atoms with van der Waals surface area (Å²) in [6.45, 7) is 4.46. The van der Waals surface area contributed by atoms with Gasteiger partial charge >= 0.3 is 0 Å². The molecule has 0 aliphatic heterocycles. The third kappa shape index (κ3) is 4.13. The molecule has 1 heterocycles. The van der Waals surface area contributed by atoms with Gasteiger partial charge in [-0.1, -0.05) is 13.3 Å². The van der Waals surface area contributed by atoms with Crippen molar-refractivity contribution in [3.05, 3.63) is 15.9 Å². The van der Waals surface area contributed by atoms with Gasteiger partial charge in [0.2, 0.25) is 0 Å². The number of hydrogen-bond donors (Lipinski definition) is 1. The molecule has 0 amide bonds. The molecule has 1 rings (SSSR count). The second kappa shape index (κ2) is 6.51. The molecule has 0 aliphatic carbocycles. The summed E-state index contributed by atoms with van der Waals surface area (Å²) < 4.78 is 1.18. The van der Waals surface area contributed by atoms with E-state index in [0.29, 0.717) is 0 Å². The Bertz CT molecular complexity index is 288. The first-order valence-electron chi connectivity index (χ1n) is 5.27. The predicted octanol–water partition coefficient (Wildman–Crippen LogP) is 3.19. The molecule has 1 aromatic rings. The molecule has 1 atom stereocenters. The molecular weight excluding hydrogens is 272 g/mol. The van der Waals surface area contributed by atoms with Gasteiger partial charge in [0, 0.05) is 23.4 Å². The number of nitrogens with zero attached hydrogens (tertiary/aromatic N) is 1. The van der Waals surface area contributed by atoms with E-state index in [1.165, 1.54) is 15.9 Å². The Balaban J connectivity index is 2.50. The highest BCUT2D eigenvalue weighted by Gasteiger charge is 2.10. The number of thiophene rings is 1. The largest absolute Gasteiger partial charge is 0.366 e. The Morgan fingerprint density at radius 3 is 2.80 bits per heavy atom. The number of halogens is 1. The van der Waals surface area contributed by atoms with Crippen LogP contribution in [0.25, 0.3) is 0 Å². The third-order valence-electron chi connectivity index (χ3n) is 2.53. The van der Waals surface area contributed by atoms with Gasteiger partial charge in [-0.15, -0.1) is 11.3 Å². The Hall–Kier alpha value is -0.0600. The van der Waals surface area contributed by atoms with Crippen LogP contribution in [-0.4, -0.2) is 27.2 Å². The minimum atomic E-state index is 0.723. The first-order valence-corrected chi connectivity index (χ1v) is 6.94. The molecule has 0 radical (unpaired) electrons. The highest BCUT2D eigenvalue weighted by Crippen LogP contribution is 2.27. The van der Waals surface area contributed by atoms with Crippen LogP contribution in [-0.2, 0) is 0 Å². The second-order valence-electron chi connectivity index (χ2n) is 3.82. The van der Waals surface area contributed by atoms with Gasteiger partial charge in [-0.2, -0.15) is 0 Å². The summed E-state index contributed by atoms with van der Waals surface area (Å²) in [6, 6.07) is 2.18.